The highest BCUT2D eigenvalue weighted by atomic mass is 79.9. The van der Waals surface area contributed by atoms with E-state index in [0.29, 0.717) is 6.42 Å². The number of nitrogens with two attached hydrogens (primary N) is 1. The normalized spacial score (nSPS) is 12.5. The first-order valence-corrected chi connectivity index (χ1v) is 7.12. The first-order valence-electron chi connectivity index (χ1n) is 6.32. The zero-order valence-electron chi connectivity index (χ0n) is 10.8. The van der Waals surface area contributed by atoms with E-state index in [1.165, 1.54) is 0 Å². The fourth-order valence-corrected chi connectivity index (χ4v) is 2.83. The average molecular weight is 338 g/mol. The van der Waals surface area contributed by atoms with Crippen LogP contribution in [0.5, 0.6) is 5.75 Å². The summed E-state index contributed by atoms with van der Waals surface area (Å²) in [5.41, 5.74) is 6.07. The van der Waals surface area contributed by atoms with E-state index in [1.807, 2.05) is 18.2 Å². The minimum absolute atomic E-state index is 0.0749. The van der Waals surface area contributed by atoms with Crippen LogP contribution in [0.1, 0.15) is 24.3 Å². The van der Waals surface area contributed by atoms with Gasteiger partial charge in [-0.2, -0.15) is 0 Å². The maximum atomic E-state index is 10.9. The van der Waals surface area contributed by atoms with Crippen LogP contribution in [-0.2, 0) is 4.79 Å². The number of rotatable bonds is 5. The Kier molecular flexibility index (Phi) is 4.62. The molecule has 4 N–H and O–H groups in total. The number of benzene rings is 2. The number of hydrogen-bond donors (Lipinski definition) is 3. The van der Waals surface area contributed by atoms with Crippen molar-refractivity contribution in [2.75, 3.05) is 6.61 Å². The molecular weight excluding hydrogens is 322 g/mol. The number of phenolic OH excluding ortho intramolecular Hbond substituents is 1. The van der Waals surface area contributed by atoms with Crippen molar-refractivity contribution in [1.82, 2.24) is 0 Å². The molecule has 2 aromatic rings. The van der Waals surface area contributed by atoms with E-state index in [2.05, 4.69) is 15.9 Å². The second-order valence-corrected chi connectivity index (χ2v) is 5.70. The van der Waals surface area contributed by atoms with Crippen LogP contribution in [0.2, 0.25) is 0 Å². The van der Waals surface area contributed by atoms with Gasteiger partial charge in [0.2, 0.25) is 5.91 Å². The number of aromatic hydroxyl groups is 1. The summed E-state index contributed by atoms with van der Waals surface area (Å²) in [4.78, 5) is 10.9. The highest BCUT2D eigenvalue weighted by molar-refractivity contribution is 9.10. The van der Waals surface area contributed by atoms with Gasteiger partial charge in [-0.05, 0) is 47.0 Å². The summed E-state index contributed by atoms with van der Waals surface area (Å²) >= 11 is 3.44. The van der Waals surface area contributed by atoms with E-state index in [0.717, 1.165) is 20.8 Å². The van der Waals surface area contributed by atoms with Crippen LogP contribution >= 0.6 is 15.9 Å². The number of aliphatic hydroxyl groups excluding tert-OH is 1. The lowest BCUT2D eigenvalue weighted by Gasteiger charge is -2.17. The summed E-state index contributed by atoms with van der Waals surface area (Å²) in [6.07, 6.45) is 0.699. The van der Waals surface area contributed by atoms with Crippen LogP contribution in [-0.4, -0.2) is 22.7 Å². The SMILES string of the molecule is NC(=O)CCC(CO)c1cc(Br)cc2ccc(O)cc12. The summed E-state index contributed by atoms with van der Waals surface area (Å²) in [6.45, 7) is -0.0749. The molecular formula is C15H16BrNO3. The Morgan fingerprint density at radius 3 is 2.70 bits per heavy atom. The molecule has 0 spiro atoms. The lowest BCUT2D eigenvalue weighted by molar-refractivity contribution is -0.118. The fraction of sp³-hybridized carbons (Fsp3) is 0.267. The molecule has 0 aliphatic heterocycles. The van der Waals surface area contributed by atoms with Crippen LogP contribution < -0.4 is 5.73 Å². The van der Waals surface area contributed by atoms with Gasteiger partial charge in [-0.25, -0.2) is 0 Å². The van der Waals surface area contributed by atoms with Gasteiger partial charge in [0, 0.05) is 23.4 Å². The largest absolute Gasteiger partial charge is 0.508 e. The van der Waals surface area contributed by atoms with E-state index in [-0.39, 0.29) is 30.6 Å². The third kappa shape index (κ3) is 3.29. The first kappa shape index (κ1) is 14.8. The molecule has 20 heavy (non-hydrogen) atoms. The van der Waals surface area contributed by atoms with E-state index in [1.54, 1.807) is 12.1 Å². The van der Waals surface area contributed by atoms with Crippen LogP contribution in [0.3, 0.4) is 0 Å². The predicted octanol–water partition coefficient (Wildman–Crippen LogP) is 2.65. The van der Waals surface area contributed by atoms with Crippen LogP contribution in [0, 0.1) is 0 Å². The van der Waals surface area contributed by atoms with E-state index in [9.17, 15) is 15.0 Å². The molecule has 4 nitrogen and oxygen atoms in total. The molecule has 0 saturated carbocycles. The van der Waals surface area contributed by atoms with E-state index < -0.39 is 0 Å². The quantitative estimate of drug-likeness (QED) is 0.784. The van der Waals surface area contributed by atoms with Gasteiger partial charge in [-0.1, -0.05) is 22.0 Å². The number of primary amides is 1. The number of carbonyl (C=O) groups is 1. The van der Waals surface area contributed by atoms with Gasteiger partial charge in [-0.3, -0.25) is 4.79 Å². The topological polar surface area (TPSA) is 83.6 Å². The summed E-state index contributed by atoms with van der Waals surface area (Å²) in [5.74, 6) is -0.400. The van der Waals surface area contributed by atoms with Crippen molar-refractivity contribution in [2.24, 2.45) is 5.73 Å². The second-order valence-electron chi connectivity index (χ2n) is 4.78. The standard InChI is InChI=1S/C15H16BrNO3/c16-11-5-9-1-3-12(19)7-14(9)13(6-11)10(8-18)2-4-15(17)20/h1,3,5-7,10,18-19H,2,4,8H2,(H2,17,20). The maximum absolute atomic E-state index is 10.9. The Morgan fingerprint density at radius 2 is 2.05 bits per heavy atom. The number of amides is 1. The van der Waals surface area contributed by atoms with Crippen molar-refractivity contribution in [3.63, 3.8) is 0 Å². The van der Waals surface area contributed by atoms with Gasteiger partial charge in [0.1, 0.15) is 5.75 Å². The molecule has 0 radical (unpaired) electrons. The van der Waals surface area contributed by atoms with Crippen molar-refractivity contribution in [2.45, 2.75) is 18.8 Å². The Balaban J connectivity index is 2.49. The smallest absolute Gasteiger partial charge is 0.217 e. The van der Waals surface area contributed by atoms with Crippen LogP contribution in [0.4, 0.5) is 0 Å². The molecule has 0 bridgehead atoms. The first-order chi connectivity index (χ1) is 9.51. The van der Waals surface area contributed by atoms with Gasteiger partial charge >= 0.3 is 0 Å². The number of halogens is 1. The molecule has 0 fully saturated rings. The van der Waals surface area contributed by atoms with Crippen LogP contribution in [0.25, 0.3) is 10.8 Å². The van der Waals surface area contributed by atoms with Gasteiger partial charge < -0.3 is 15.9 Å². The molecule has 1 unspecified atom stereocenters. The van der Waals surface area contributed by atoms with Crippen LogP contribution in [0.15, 0.2) is 34.8 Å². The third-order valence-electron chi connectivity index (χ3n) is 3.33. The molecule has 0 aliphatic carbocycles. The number of fused-ring (bicyclic) bond motifs is 1. The molecule has 106 valence electrons. The molecule has 0 aliphatic rings. The molecule has 1 amide bonds. The highest BCUT2D eigenvalue weighted by Crippen LogP contribution is 2.33. The summed E-state index contributed by atoms with van der Waals surface area (Å²) in [7, 11) is 0. The van der Waals surface area contributed by atoms with Crippen molar-refractivity contribution in [1.29, 1.82) is 0 Å². The molecule has 1 atom stereocenters. The van der Waals surface area contributed by atoms with Crippen molar-refractivity contribution < 1.29 is 15.0 Å². The highest BCUT2D eigenvalue weighted by Gasteiger charge is 2.16. The Bertz CT molecular complexity index is 642. The lowest BCUT2D eigenvalue weighted by atomic mass is 9.90. The summed E-state index contributed by atoms with van der Waals surface area (Å²) in [5, 5.41) is 21.1. The number of phenols is 1. The predicted molar refractivity (Wildman–Crippen MR) is 81.6 cm³/mol. The zero-order chi connectivity index (χ0) is 14.7. The minimum atomic E-state index is -0.384. The Hall–Kier alpha value is -1.59. The van der Waals surface area contributed by atoms with Crippen molar-refractivity contribution >= 4 is 32.6 Å². The molecule has 2 aromatic carbocycles. The van der Waals surface area contributed by atoms with Crippen molar-refractivity contribution in [3.8, 4) is 5.75 Å². The van der Waals surface area contributed by atoms with E-state index in [4.69, 9.17) is 5.73 Å². The minimum Gasteiger partial charge on any atom is -0.508 e. The van der Waals surface area contributed by atoms with Gasteiger partial charge in [0.05, 0.1) is 0 Å². The van der Waals surface area contributed by atoms with E-state index >= 15 is 0 Å². The van der Waals surface area contributed by atoms with Gasteiger partial charge in [0.25, 0.3) is 0 Å². The number of aliphatic hydroxyl groups is 1. The maximum Gasteiger partial charge on any atom is 0.217 e. The zero-order valence-corrected chi connectivity index (χ0v) is 12.4. The number of carbonyl (C=O) groups excluding carboxylic acids is 1. The van der Waals surface area contributed by atoms with Gasteiger partial charge in [0.15, 0.2) is 0 Å². The number of hydrogen-bond acceptors (Lipinski definition) is 3. The molecule has 0 saturated heterocycles. The van der Waals surface area contributed by atoms with Crippen molar-refractivity contribution in [3.05, 3.63) is 40.4 Å². The monoisotopic (exact) mass is 337 g/mol. The molecule has 0 heterocycles. The molecule has 5 heteroatoms. The summed E-state index contributed by atoms with van der Waals surface area (Å²) < 4.78 is 0.892. The second kappa shape index (κ2) is 6.24. The molecule has 0 aromatic heterocycles. The lowest BCUT2D eigenvalue weighted by Crippen LogP contribution is -2.14. The summed E-state index contributed by atoms with van der Waals surface area (Å²) in [6, 6.07) is 8.96. The Morgan fingerprint density at radius 1 is 1.30 bits per heavy atom. The third-order valence-corrected chi connectivity index (χ3v) is 3.79. The Labute approximate surface area is 125 Å². The molecule has 2 rings (SSSR count). The fourth-order valence-electron chi connectivity index (χ4n) is 2.34. The van der Waals surface area contributed by atoms with Gasteiger partial charge in [-0.15, -0.1) is 0 Å². The average Bonchev–Trinajstić information content (AvgIpc) is 2.39.